The van der Waals surface area contributed by atoms with Crippen molar-refractivity contribution in [3.63, 3.8) is 0 Å². The van der Waals surface area contributed by atoms with E-state index in [-0.39, 0.29) is 0 Å². The normalized spacial score (nSPS) is 15.9. The monoisotopic (exact) mass is 249 g/mol. The second-order valence-electron chi connectivity index (χ2n) is 4.99. The van der Waals surface area contributed by atoms with Gasteiger partial charge >= 0.3 is 0 Å². The molecule has 0 amide bonds. The lowest BCUT2D eigenvalue weighted by molar-refractivity contribution is 0.669. The van der Waals surface area contributed by atoms with Crippen molar-refractivity contribution in [1.82, 2.24) is 5.32 Å². The van der Waals surface area contributed by atoms with Crippen LogP contribution in [0.4, 0.5) is 0 Å². The van der Waals surface area contributed by atoms with Crippen LogP contribution in [-0.4, -0.2) is 13.1 Å². The summed E-state index contributed by atoms with van der Waals surface area (Å²) in [6.07, 6.45) is 3.38. The van der Waals surface area contributed by atoms with E-state index in [9.17, 15) is 0 Å². The zero-order valence-electron chi connectivity index (χ0n) is 10.6. The third kappa shape index (κ3) is 1.76. The molecule has 2 heteroatoms. The maximum atomic E-state index is 5.86. The molecule has 0 atom stereocenters. The first-order chi connectivity index (χ1) is 9.42. The molecule has 0 bridgehead atoms. The van der Waals surface area contributed by atoms with E-state index < -0.39 is 0 Å². The molecule has 0 unspecified atom stereocenters. The molecule has 1 aliphatic rings. The number of rotatable bonds is 1. The Morgan fingerprint density at radius 2 is 1.84 bits per heavy atom. The van der Waals surface area contributed by atoms with Gasteiger partial charge in [0.1, 0.15) is 11.2 Å². The van der Waals surface area contributed by atoms with Gasteiger partial charge in [0.05, 0.1) is 0 Å². The highest BCUT2D eigenvalue weighted by Crippen LogP contribution is 2.31. The number of para-hydroxylation sites is 1. The van der Waals surface area contributed by atoms with Crippen molar-refractivity contribution in [2.75, 3.05) is 13.1 Å². The lowest BCUT2D eigenvalue weighted by Gasteiger charge is -2.14. The smallest absolute Gasteiger partial charge is 0.135 e. The third-order valence-corrected chi connectivity index (χ3v) is 3.81. The summed E-state index contributed by atoms with van der Waals surface area (Å²) in [5, 5.41) is 5.77. The summed E-state index contributed by atoms with van der Waals surface area (Å²) in [5.74, 6) is 0. The summed E-state index contributed by atoms with van der Waals surface area (Å²) in [6, 6.07) is 14.8. The van der Waals surface area contributed by atoms with Crippen LogP contribution in [0.5, 0.6) is 0 Å². The van der Waals surface area contributed by atoms with Gasteiger partial charge in [0.15, 0.2) is 0 Å². The van der Waals surface area contributed by atoms with E-state index in [1.807, 2.05) is 12.1 Å². The fourth-order valence-electron chi connectivity index (χ4n) is 2.81. The van der Waals surface area contributed by atoms with Gasteiger partial charge in [0, 0.05) is 17.3 Å². The van der Waals surface area contributed by atoms with Crippen molar-refractivity contribution < 1.29 is 4.42 Å². The molecule has 1 N–H and O–H groups in total. The Bertz CT molecular complexity index is 782. The Hall–Kier alpha value is -2.06. The van der Waals surface area contributed by atoms with Crippen molar-refractivity contribution in [3.8, 4) is 0 Å². The molecule has 4 rings (SSSR count). The standard InChI is InChI=1S/C17H15NO/c1-2-4-16-14(3-1)15-11-13(5-6-17(15)19-16)12-7-9-18-10-8-12/h1-7,11,18H,8-10H2. The van der Waals surface area contributed by atoms with E-state index in [0.717, 1.165) is 30.7 Å². The predicted octanol–water partition coefficient (Wildman–Crippen LogP) is 3.96. The quantitative estimate of drug-likeness (QED) is 0.706. The lowest BCUT2D eigenvalue weighted by Crippen LogP contribution is -2.19. The Labute approximate surface area is 111 Å². The first-order valence-electron chi connectivity index (χ1n) is 6.73. The molecule has 2 aromatic carbocycles. The average molecular weight is 249 g/mol. The average Bonchev–Trinajstić information content (AvgIpc) is 2.86. The molecule has 3 aromatic rings. The van der Waals surface area contributed by atoms with Gasteiger partial charge in [-0.15, -0.1) is 0 Å². The molecule has 1 aromatic heterocycles. The zero-order chi connectivity index (χ0) is 12.7. The van der Waals surface area contributed by atoms with Gasteiger partial charge in [0.25, 0.3) is 0 Å². The van der Waals surface area contributed by atoms with Crippen LogP contribution < -0.4 is 5.32 Å². The summed E-state index contributed by atoms with van der Waals surface area (Å²) in [5.41, 5.74) is 4.69. The third-order valence-electron chi connectivity index (χ3n) is 3.81. The summed E-state index contributed by atoms with van der Waals surface area (Å²) >= 11 is 0. The zero-order valence-corrected chi connectivity index (χ0v) is 10.6. The molecule has 0 aliphatic carbocycles. The molecule has 2 nitrogen and oxygen atoms in total. The number of furan rings is 1. The molecular weight excluding hydrogens is 234 g/mol. The van der Waals surface area contributed by atoms with Crippen LogP contribution in [0.25, 0.3) is 27.5 Å². The molecule has 0 saturated heterocycles. The second-order valence-corrected chi connectivity index (χ2v) is 4.99. The first-order valence-corrected chi connectivity index (χ1v) is 6.73. The van der Waals surface area contributed by atoms with Crippen LogP contribution >= 0.6 is 0 Å². The number of benzene rings is 2. The van der Waals surface area contributed by atoms with E-state index in [1.165, 1.54) is 21.9 Å². The van der Waals surface area contributed by atoms with Gasteiger partial charge in [-0.25, -0.2) is 0 Å². The number of hydrogen-bond acceptors (Lipinski definition) is 2. The molecule has 94 valence electrons. The van der Waals surface area contributed by atoms with E-state index in [1.54, 1.807) is 0 Å². The number of fused-ring (bicyclic) bond motifs is 3. The summed E-state index contributed by atoms with van der Waals surface area (Å²) in [4.78, 5) is 0. The molecule has 0 fully saturated rings. The highest BCUT2D eigenvalue weighted by atomic mass is 16.3. The van der Waals surface area contributed by atoms with E-state index >= 15 is 0 Å². The highest BCUT2D eigenvalue weighted by molar-refractivity contribution is 6.05. The minimum atomic E-state index is 0.967. The Kier molecular flexibility index (Phi) is 2.42. The van der Waals surface area contributed by atoms with Crippen LogP contribution in [0.2, 0.25) is 0 Å². The summed E-state index contributed by atoms with van der Waals surface area (Å²) in [7, 11) is 0. The van der Waals surface area contributed by atoms with Gasteiger partial charge in [-0.1, -0.05) is 30.3 Å². The molecule has 1 aliphatic heterocycles. The van der Waals surface area contributed by atoms with Crippen molar-refractivity contribution in [2.24, 2.45) is 0 Å². The molecule has 2 heterocycles. The molecule has 19 heavy (non-hydrogen) atoms. The second kappa shape index (κ2) is 4.25. The topological polar surface area (TPSA) is 25.2 Å². The predicted molar refractivity (Wildman–Crippen MR) is 79.2 cm³/mol. The SMILES string of the molecule is C1=C(c2ccc3oc4ccccc4c3c2)CCNC1. The summed E-state index contributed by atoms with van der Waals surface area (Å²) in [6.45, 7) is 2.04. The molecule has 0 spiro atoms. The lowest BCUT2D eigenvalue weighted by atomic mass is 9.98. The van der Waals surface area contributed by atoms with Gasteiger partial charge in [0.2, 0.25) is 0 Å². The van der Waals surface area contributed by atoms with Crippen LogP contribution in [0, 0.1) is 0 Å². The van der Waals surface area contributed by atoms with Crippen LogP contribution in [0.1, 0.15) is 12.0 Å². The van der Waals surface area contributed by atoms with Crippen LogP contribution in [0.15, 0.2) is 53.0 Å². The Balaban J connectivity index is 1.94. The van der Waals surface area contributed by atoms with E-state index in [2.05, 4.69) is 41.7 Å². The van der Waals surface area contributed by atoms with Crippen molar-refractivity contribution in [3.05, 3.63) is 54.1 Å². The Morgan fingerprint density at radius 3 is 2.74 bits per heavy atom. The highest BCUT2D eigenvalue weighted by Gasteiger charge is 2.10. The maximum Gasteiger partial charge on any atom is 0.135 e. The fraction of sp³-hybridized carbons (Fsp3) is 0.176. The number of nitrogens with one attached hydrogen (secondary N) is 1. The Morgan fingerprint density at radius 1 is 0.947 bits per heavy atom. The van der Waals surface area contributed by atoms with Crippen molar-refractivity contribution in [2.45, 2.75) is 6.42 Å². The first kappa shape index (κ1) is 10.8. The number of hydrogen-bond donors (Lipinski definition) is 1. The van der Waals surface area contributed by atoms with E-state index in [4.69, 9.17) is 4.42 Å². The van der Waals surface area contributed by atoms with Gasteiger partial charge in [-0.3, -0.25) is 0 Å². The largest absolute Gasteiger partial charge is 0.456 e. The molecule has 0 radical (unpaired) electrons. The molecule has 0 saturated carbocycles. The summed E-state index contributed by atoms with van der Waals surface area (Å²) < 4.78 is 5.86. The van der Waals surface area contributed by atoms with Gasteiger partial charge in [-0.2, -0.15) is 0 Å². The van der Waals surface area contributed by atoms with Gasteiger partial charge < -0.3 is 9.73 Å². The minimum absolute atomic E-state index is 0.967. The molecular formula is C17H15NO. The van der Waals surface area contributed by atoms with Crippen LogP contribution in [0.3, 0.4) is 0 Å². The van der Waals surface area contributed by atoms with Crippen LogP contribution in [-0.2, 0) is 0 Å². The van der Waals surface area contributed by atoms with E-state index in [0.29, 0.717) is 0 Å². The van der Waals surface area contributed by atoms with Crippen molar-refractivity contribution in [1.29, 1.82) is 0 Å². The minimum Gasteiger partial charge on any atom is -0.456 e. The van der Waals surface area contributed by atoms with Gasteiger partial charge in [-0.05, 0) is 42.3 Å². The fourth-order valence-corrected chi connectivity index (χ4v) is 2.81. The van der Waals surface area contributed by atoms with Crippen molar-refractivity contribution >= 4 is 27.5 Å². The maximum absolute atomic E-state index is 5.86.